The first-order chi connectivity index (χ1) is 12.4. The van der Waals surface area contributed by atoms with Gasteiger partial charge in [0.25, 0.3) is 0 Å². The van der Waals surface area contributed by atoms with Crippen molar-refractivity contribution < 1.29 is 33.6 Å². The van der Waals surface area contributed by atoms with Gasteiger partial charge in [0.15, 0.2) is 11.5 Å². The van der Waals surface area contributed by atoms with Crippen LogP contribution in [0.3, 0.4) is 0 Å². The summed E-state index contributed by atoms with van der Waals surface area (Å²) in [6.45, 7) is 0.387. The van der Waals surface area contributed by atoms with E-state index in [1.807, 2.05) is 0 Å². The predicted molar refractivity (Wildman–Crippen MR) is 93.0 cm³/mol. The topological polar surface area (TPSA) is 94.5 Å². The summed E-state index contributed by atoms with van der Waals surface area (Å²) >= 11 is 0. The van der Waals surface area contributed by atoms with Crippen LogP contribution in [0.4, 0.5) is 0 Å². The number of nitrogens with zero attached hydrogens (tertiary/aromatic N) is 1. The third kappa shape index (κ3) is 4.37. The molecule has 0 aromatic heterocycles. The highest BCUT2D eigenvalue weighted by molar-refractivity contribution is 5.81. The van der Waals surface area contributed by atoms with E-state index in [0.717, 1.165) is 0 Å². The van der Waals surface area contributed by atoms with Crippen LogP contribution in [0.2, 0.25) is 0 Å². The molecule has 1 heterocycles. The third-order valence-electron chi connectivity index (χ3n) is 4.52. The van der Waals surface area contributed by atoms with E-state index in [4.69, 9.17) is 24.1 Å². The lowest BCUT2D eigenvalue weighted by molar-refractivity contribution is -0.139. The van der Waals surface area contributed by atoms with Crippen molar-refractivity contribution in [2.24, 2.45) is 0 Å². The Balaban J connectivity index is 2.21. The third-order valence-corrected chi connectivity index (χ3v) is 4.52. The molecular weight excluding hydrogens is 342 g/mol. The lowest BCUT2D eigenvalue weighted by Gasteiger charge is -2.23. The number of likely N-dealkylation sites (tertiary alicyclic amines) is 1. The molecule has 144 valence electrons. The minimum Gasteiger partial charge on any atom is -0.493 e. The highest BCUT2D eigenvalue weighted by Crippen LogP contribution is 2.38. The van der Waals surface area contributed by atoms with E-state index in [2.05, 4.69) is 0 Å². The lowest BCUT2D eigenvalue weighted by atomic mass is 10.1. The molecule has 1 aromatic rings. The first-order valence-electron chi connectivity index (χ1n) is 8.26. The van der Waals surface area contributed by atoms with Gasteiger partial charge in [-0.3, -0.25) is 9.59 Å². The predicted octanol–water partition coefficient (Wildman–Crippen LogP) is 1.35. The summed E-state index contributed by atoms with van der Waals surface area (Å²) in [7, 11) is 6.09. The number of hydrogen-bond donors (Lipinski definition) is 1. The molecule has 8 nitrogen and oxygen atoms in total. The number of carbonyl (C=O) groups is 2. The number of amides is 1. The Bertz CT molecular complexity index is 636. The van der Waals surface area contributed by atoms with Gasteiger partial charge in [0.05, 0.1) is 40.3 Å². The van der Waals surface area contributed by atoms with Crippen molar-refractivity contribution in [1.29, 1.82) is 0 Å². The van der Waals surface area contributed by atoms with Crippen LogP contribution in [-0.2, 0) is 20.7 Å². The van der Waals surface area contributed by atoms with Crippen molar-refractivity contribution in [3.05, 3.63) is 17.7 Å². The quantitative estimate of drug-likeness (QED) is 0.741. The van der Waals surface area contributed by atoms with Crippen molar-refractivity contribution >= 4 is 11.9 Å². The molecule has 1 saturated heterocycles. The van der Waals surface area contributed by atoms with Gasteiger partial charge in [-0.1, -0.05) is 0 Å². The van der Waals surface area contributed by atoms with Crippen LogP contribution >= 0.6 is 0 Å². The van der Waals surface area contributed by atoms with Crippen LogP contribution < -0.4 is 14.2 Å². The minimum atomic E-state index is -0.933. The number of carboxylic acids is 1. The zero-order valence-corrected chi connectivity index (χ0v) is 15.5. The fraction of sp³-hybridized carbons (Fsp3) is 0.556. The molecule has 2 unspecified atom stereocenters. The zero-order chi connectivity index (χ0) is 19.3. The van der Waals surface area contributed by atoms with E-state index >= 15 is 0 Å². The summed E-state index contributed by atoms with van der Waals surface area (Å²) in [5.74, 6) is 0.291. The molecule has 26 heavy (non-hydrogen) atoms. The molecule has 1 aliphatic rings. The van der Waals surface area contributed by atoms with Crippen molar-refractivity contribution in [1.82, 2.24) is 4.90 Å². The zero-order valence-electron chi connectivity index (χ0n) is 15.5. The molecule has 1 N–H and O–H groups in total. The summed E-state index contributed by atoms with van der Waals surface area (Å²) in [5.41, 5.74) is 0.694. The van der Waals surface area contributed by atoms with Crippen LogP contribution in [0.1, 0.15) is 18.4 Å². The molecule has 8 heteroatoms. The van der Waals surface area contributed by atoms with Gasteiger partial charge in [-0.15, -0.1) is 0 Å². The van der Waals surface area contributed by atoms with Crippen molar-refractivity contribution in [2.75, 3.05) is 35.0 Å². The second-order valence-corrected chi connectivity index (χ2v) is 6.10. The number of ether oxygens (including phenoxy) is 4. The Morgan fingerprint density at radius 3 is 2.19 bits per heavy atom. The first kappa shape index (κ1) is 19.8. The van der Waals surface area contributed by atoms with E-state index in [-0.39, 0.29) is 30.9 Å². The van der Waals surface area contributed by atoms with Gasteiger partial charge in [-0.2, -0.15) is 0 Å². The van der Waals surface area contributed by atoms with Crippen molar-refractivity contribution in [3.63, 3.8) is 0 Å². The Kier molecular flexibility index (Phi) is 6.68. The number of carbonyl (C=O) groups excluding carboxylic acids is 1. The standard InChI is InChI=1S/C18H25NO7/c1-23-13-8-12(9-17(21)22)19(10-13)16(20)7-11-5-14(24-2)18(26-4)15(6-11)25-3/h5-6,12-13H,7-10H2,1-4H3,(H,21,22). The summed E-state index contributed by atoms with van der Waals surface area (Å²) in [5, 5.41) is 9.09. The number of rotatable bonds is 8. The van der Waals surface area contributed by atoms with Gasteiger partial charge < -0.3 is 29.0 Å². The summed E-state index contributed by atoms with van der Waals surface area (Å²) in [4.78, 5) is 25.5. The van der Waals surface area contributed by atoms with Gasteiger partial charge in [0, 0.05) is 19.7 Å². The molecular formula is C18H25NO7. The molecule has 1 aromatic carbocycles. The summed E-state index contributed by atoms with van der Waals surface area (Å²) in [6.07, 6.45) is 0.372. The monoisotopic (exact) mass is 367 g/mol. The number of carboxylic acid groups (broad SMARTS) is 1. The average Bonchev–Trinajstić information content (AvgIpc) is 3.03. The molecule has 0 spiro atoms. The SMILES string of the molecule is COc1cc(CC(=O)N2CC(OC)CC2CC(=O)O)cc(OC)c1OC. The molecule has 0 aliphatic carbocycles. The molecule has 2 atom stereocenters. The molecule has 1 aliphatic heterocycles. The van der Waals surface area contributed by atoms with Crippen LogP contribution in [0, 0.1) is 0 Å². The highest BCUT2D eigenvalue weighted by atomic mass is 16.5. The molecule has 1 fully saturated rings. The first-order valence-corrected chi connectivity index (χ1v) is 8.26. The van der Waals surface area contributed by atoms with Crippen molar-refractivity contribution in [3.8, 4) is 17.2 Å². The van der Waals surface area contributed by atoms with Gasteiger partial charge >= 0.3 is 5.97 Å². The van der Waals surface area contributed by atoms with E-state index < -0.39 is 5.97 Å². The largest absolute Gasteiger partial charge is 0.493 e. The number of benzene rings is 1. The van der Waals surface area contributed by atoms with Gasteiger partial charge in [0.2, 0.25) is 11.7 Å². The minimum absolute atomic E-state index is 0.0964. The molecule has 0 bridgehead atoms. The second kappa shape index (κ2) is 8.75. The normalized spacial score (nSPS) is 19.3. The molecule has 0 radical (unpaired) electrons. The number of hydrogen-bond acceptors (Lipinski definition) is 6. The second-order valence-electron chi connectivity index (χ2n) is 6.10. The van der Waals surface area contributed by atoms with Crippen LogP contribution in [0.25, 0.3) is 0 Å². The van der Waals surface area contributed by atoms with Gasteiger partial charge in [-0.25, -0.2) is 0 Å². The maximum absolute atomic E-state index is 12.8. The number of aliphatic carboxylic acids is 1. The Morgan fingerprint density at radius 2 is 1.73 bits per heavy atom. The fourth-order valence-electron chi connectivity index (χ4n) is 3.26. The van der Waals surface area contributed by atoms with E-state index in [9.17, 15) is 9.59 Å². The highest BCUT2D eigenvalue weighted by Gasteiger charge is 2.36. The Hall–Kier alpha value is -2.48. The molecule has 1 amide bonds. The molecule has 2 rings (SSSR count). The lowest BCUT2D eigenvalue weighted by Crippen LogP contribution is -2.38. The van der Waals surface area contributed by atoms with Crippen LogP contribution in [-0.4, -0.2) is 69.0 Å². The van der Waals surface area contributed by atoms with Crippen LogP contribution in [0.5, 0.6) is 17.2 Å². The average molecular weight is 367 g/mol. The fourth-order valence-corrected chi connectivity index (χ4v) is 3.26. The maximum Gasteiger partial charge on any atom is 0.305 e. The van der Waals surface area contributed by atoms with Crippen LogP contribution in [0.15, 0.2) is 12.1 Å². The molecule has 0 saturated carbocycles. The maximum atomic E-state index is 12.8. The van der Waals surface area contributed by atoms with Gasteiger partial charge in [0.1, 0.15) is 0 Å². The Morgan fingerprint density at radius 1 is 1.12 bits per heavy atom. The number of methoxy groups -OCH3 is 4. The Labute approximate surface area is 152 Å². The summed E-state index contributed by atoms with van der Waals surface area (Å²) in [6, 6.07) is 3.07. The smallest absolute Gasteiger partial charge is 0.305 e. The van der Waals surface area contributed by atoms with E-state index in [1.54, 1.807) is 24.1 Å². The van der Waals surface area contributed by atoms with E-state index in [1.165, 1.54) is 21.3 Å². The van der Waals surface area contributed by atoms with Crippen molar-refractivity contribution in [2.45, 2.75) is 31.4 Å². The van der Waals surface area contributed by atoms with E-state index in [0.29, 0.717) is 35.8 Å². The van der Waals surface area contributed by atoms with Gasteiger partial charge in [-0.05, 0) is 24.1 Å². The summed E-state index contributed by atoms with van der Waals surface area (Å²) < 4.78 is 21.2.